The van der Waals surface area contributed by atoms with Crippen molar-refractivity contribution in [1.29, 1.82) is 0 Å². The van der Waals surface area contributed by atoms with Gasteiger partial charge in [0.05, 0.1) is 6.10 Å². The minimum absolute atomic E-state index is 0.0615. The molecule has 2 fully saturated rings. The number of hydrogen-bond acceptors (Lipinski definition) is 3. The van der Waals surface area contributed by atoms with Gasteiger partial charge in [0.2, 0.25) is 0 Å². The van der Waals surface area contributed by atoms with Crippen LogP contribution in [-0.4, -0.2) is 36.7 Å². The normalized spacial score (nSPS) is 35.4. The summed E-state index contributed by atoms with van der Waals surface area (Å²) >= 11 is 0. The van der Waals surface area contributed by atoms with Crippen molar-refractivity contribution in [2.75, 3.05) is 7.11 Å². The number of carbonyl (C=O) groups is 1. The van der Waals surface area contributed by atoms with Crippen molar-refractivity contribution in [3.63, 3.8) is 0 Å². The number of ether oxygens (including phenoxy) is 1. The highest BCUT2D eigenvalue weighted by Gasteiger charge is 2.47. The zero-order valence-corrected chi connectivity index (χ0v) is 10.7. The first-order valence-corrected chi connectivity index (χ1v) is 6.26. The van der Waals surface area contributed by atoms with Crippen LogP contribution in [-0.2, 0) is 9.53 Å². The zero-order chi connectivity index (χ0) is 12.5. The van der Waals surface area contributed by atoms with E-state index < -0.39 is 5.54 Å². The maximum absolute atomic E-state index is 12.0. The average Bonchev–Trinajstić information content (AvgIpc) is 2.56. The number of carbonyl (C=O) groups excluding carboxylic acids is 1. The Hall–Kier alpha value is -1.10. The molecule has 1 spiro atoms. The van der Waals surface area contributed by atoms with Crippen LogP contribution in [0, 0.1) is 0 Å². The highest BCUT2D eigenvalue weighted by molar-refractivity contribution is 6.09. The topological polar surface area (TPSA) is 62.7 Å². The van der Waals surface area contributed by atoms with Gasteiger partial charge in [0.1, 0.15) is 5.54 Å². The molecule has 1 amide bonds. The first-order chi connectivity index (χ1) is 8.05. The number of hydrogen-bond donors (Lipinski definition) is 2. The van der Waals surface area contributed by atoms with Gasteiger partial charge in [0, 0.05) is 13.2 Å². The van der Waals surface area contributed by atoms with Gasteiger partial charge in [-0.25, -0.2) is 0 Å². The molecule has 17 heavy (non-hydrogen) atoms. The first-order valence-electron chi connectivity index (χ1n) is 6.26. The van der Waals surface area contributed by atoms with Crippen LogP contribution in [0.2, 0.25) is 0 Å². The SMILES string of the molecule is COC1CCC2(CC1)NC(=NC(C)C)NC2=O. The molecule has 0 aromatic carbocycles. The van der Waals surface area contributed by atoms with Crippen LogP contribution < -0.4 is 10.6 Å². The molecule has 2 rings (SSSR count). The largest absolute Gasteiger partial charge is 0.381 e. The summed E-state index contributed by atoms with van der Waals surface area (Å²) in [6.07, 6.45) is 3.77. The van der Waals surface area contributed by atoms with Crippen LogP contribution in [0.3, 0.4) is 0 Å². The van der Waals surface area contributed by atoms with E-state index in [1.807, 2.05) is 13.8 Å². The highest BCUT2D eigenvalue weighted by Crippen LogP contribution is 2.31. The molecule has 0 aromatic heterocycles. The second kappa shape index (κ2) is 4.64. The third-order valence-electron chi connectivity index (χ3n) is 3.53. The third-order valence-corrected chi connectivity index (χ3v) is 3.53. The second-order valence-electron chi connectivity index (χ2n) is 5.17. The van der Waals surface area contributed by atoms with Crippen LogP contribution in [0.1, 0.15) is 39.5 Å². The van der Waals surface area contributed by atoms with Crippen LogP contribution in [0.15, 0.2) is 4.99 Å². The summed E-state index contributed by atoms with van der Waals surface area (Å²) in [6, 6.07) is 0.184. The van der Waals surface area contributed by atoms with Crippen LogP contribution >= 0.6 is 0 Å². The quantitative estimate of drug-likeness (QED) is 0.749. The number of amides is 1. The summed E-state index contributed by atoms with van der Waals surface area (Å²) in [7, 11) is 1.73. The van der Waals surface area contributed by atoms with E-state index >= 15 is 0 Å². The maximum Gasteiger partial charge on any atom is 0.252 e. The highest BCUT2D eigenvalue weighted by atomic mass is 16.5. The van der Waals surface area contributed by atoms with Gasteiger partial charge in [-0.15, -0.1) is 0 Å². The molecule has 1 aliphatic carbocycles. The van der Waals surface area contributed by atoms with E-state index in [1.165, 1.54) is 0 Å². The number of rotatable bonds is 2. The minimum Gasteiger partial charge on any atom is -0.381 e. The van der Waals surface area contributed by atoms with E-state index in [9.17, 15) is 4.79 Å². The van der Waals surface area contributed by atoms with Gasteiger partial charge in [-0.2, -0.15) is 0 Å². The summed E-state index contributed by atoms with van der Waals surface area (Å²) in [5.74, 6) is 0.687. The van der Waals surface area contributed by atoms with Crippen molar-refractivity contribution in [3.8, 4) is 0 Å². The summed E-state index contributed by atoms with van der Waals surface area (Å²) in [5.41, 5.74) is -0.442. The van der Waals surface area contributed by atoms with Gasteiger partial charge < -0.3 is 10.1 Å². The van der Waals surface area contributed by atoms with Gasteiger partial charge in [-0.05, 0) is 39.5 Å². The fraction of sp³-hybridized carbons (Fsp3) is 0.833. The molecule has 2 N–H and O–H groups in total. The van der Waals surface area contributed by atoms with E-state index in [-0.39, 0.29) is 11.9 Å². The molecule has 1 aliphatic heterocycles. The Bertz CT molecular complexity index is 331. The van der Waals surface area contributed by atoms with E-state index in [2.05, 4.69) is 15.6 Å². The molecule has 0 unspecified atom stereocenters. The first kappa shape index (κ1) is 12.4. The summed E-state index contributed by atoms with van der Waals surface area (Å²) in [5, 5.41) is 6.10. The number of guanidine groups is 1. The lowest BCUT2D eigenvalue weighted by Gasteiger charge is -2.34. The molecule has 0 aromatic rings. The molecule has 5 nitrogen and oxygen atoms in total. The van der Waals surface area contributed by atoms with E-state index in [0.717, 1.165) is 25.7 Å². The lowest BCUT2D eigenvalue weighted by Crippen LogP contribution is -2.50. The van der Waals surface area contributed by atoms with E-state index in [1.54, 1.807) is 7.11 Å². The Kier molecular flexibility index (Phi) is 3.38. The Labute approximate surface area is 102 Å². The van der Waals surface area contributed by atoms with Gasteiger partial charge in [-0.1, -0.05) is 0 Å². The van der Waals surface area contributed by atoms with Gasteiger partial charge >= 0.3 is 0 Å². The predicted octanol–water partition coefficient (Wildman–Crippen LogP) is 0.798. The fourth-order valence-electron chi connectivity index (χ4n) is 2.54. The average molecular weight is 239 g/mol. The van der Waals surface area contributed by atoms with Crippen molar-refractivity contribution < 1.29 is 9.53 Å². The standard InChI is InChI=1S/C12H21N3O2/c1-8(2)13-11-14-10(16)12(15-11)6-4-9(17-3)5-7-12/h8-9H,4-7H2,1-3H3,(H2,13,14,15,16). The van der Waals surface area contributed by atoms with E-state index in [0.29, 0.717) is 12.1 Å². The van der Waals surface area contributed by atoms with Crippen LogP contribution in [0.4, 0.5) is 0 Å². The smallest absolute Gasteiger partial charge is 0.252 e. The van der Waals surface area contributed by atoms with Gasteiger partial charge in [-0.3, -0.25) is 15.1 Å². The Balaban J connectivity index is 2.05. The second-order valence-corrected chi connectivity index (χ2v) is 5.17. The lowest BCUT2D eigenvalue weighted by molar-refractivity contribution is -0.126. The molecule has 0 radical (unpaired) electrons. The molecule has 5 heteroatoms. The van der Waals surface area contributed by atoms with Gasteiger partial charge in [0.25, 0.3) is 5.91 Å². The van der Waals surface area contributed by atoms with Crippen LogP contribution in [0.25, 0.3) is 0 Å². The lowest BCUT2D eigenvalue weighted by atomic mass is 9.80. The molecule has 0 atom stereocenters. The maximum atomic E-state index is 12.0. The summed E-state index contributed by atoms with van der Waals surface area (Å²) < 4.78 is 5.33. The van der Waals surface area contributed by atoms with Crippen molar-refractivity contribution in [2.45, 2.75) is 57.2 Å². The predicted molar refractivity (Wildman–Crippen MR) is 65.8 cm³/mol. The molecule has 0 bridgehead atoms. The molecule has 1 saturated carbocycles. The zero-order valence-electron chi connectivity index (χ0n) is 10.7. The van der Waals surface area contributed by atoms with Crippen LogP contribution in [0.5, 0.6) is 0 Å². The molecular formula is C12H21N3O2. The summed E-state index contributed by atoms with van der Waals surface area (Å²) in [4.78, 5) is 16.4. The Morgan fingerprint density at radius 2 is 2.06 bits per heavy atom. The Morgan fingerprint density at radius 3 is 2.59 bits per heavy atom. The Morgan fingerprint density at radius 1 is 1.41 bits per heavy atom. The van der Waals surface area contributed by atoms with E-state index in [4.69, 9.17) is 4.74 Å². The monoisotopic (exact) mass is 239 g/mol. The summed E-state index contributed by atoms with van der Waals surface area (Å²) in [6.45, 7) is 3.99. The van der Waals surface area contributed by atoms with Crippen molar-refractivity contribution in [3.05, 3.63) is 0 Å². The minimum atomic E-state index is -0.442. The number of methoxy groups -OCH3 is 1. The molecule has 2 aliphatic rings. The number of aliphatic imine (C=N–C) groups is 1. The molecule has 1 saturated heterocycles. The van der Waals surface area contributed by atoms with Crippen molar-refractivity contribution in [1.82, 2.24) is 10.6 Å². The van der Waals surface area contributed by atoms with Gasteiger partial charge in [0.15, 0.2) is 5.96 Å². The number of nitrogens with one attached hydrogen (secondary N) is 2. The number of nitrogens with zero attached hydrogens (tertiary/aromatic N) is 1. The molecule has 1 heterocycles. The fourth-order valence-corrected chi connectivity index (χ4v) is 2.54. The third kappa shape index (κ3) is 2.44. The van der Waals surface area contributed by atoms with Crippen molar-refractivity contribution in [2.24, 2.45) is 4.99 Å². The molecular weight excluding hydrogens is 218 g/mol. The van der Waals surface area contributed by atoms with Crippen molar-refractivity contribution >= 4 is 11.9 Å². The molecule has 96 valence electrons.